The summed E-state index contributed by atoms with van der Waals surface area (Å²) in [5, 5.41) is 19.7. The van der Waals surface area contributed by atoms with Gasteiger partial charge in [-0.05, 0) is 19.8 Å². The molecule has 7 heteroatoms. The Morgan fingerprint density at radius 1 is 1.11 bits per heavy atom. The van der Waals surface area contributed by atoms with Crippen LogP contribution in [0.15, 0.2) is 0 Å². The first-order valence-corrected chi connectivity index (χ1v) is 6.16. The molecule has 0 unspecified atom stereocenters. The summed E-state index contributed by atoms with van der Waals surface area (Å²) in [5.41, 5.74) is 0. The quantitative estimate of drug-likeness (QED) is 0.641. The predicted octanol–water partition coefficient (Wildman–Crippen LogP) is 0.990. The van der Waals surface area contributed by atoms with Gasteiger partial charge in [0.1, 0.15) is 6.04 Å². The fraction of sp³-hybridized carbons (Fsp3) is 0.750. The number of nitrogens with zero attached hydrogens (tertiary/aromatic N) is 1. The molecule has 0 spiro atoms. The van der Waals surface area contributed by atoms with Gasteiger partial charge in [-0.1, -0.05) is 13.8 Å². The predicted molar refractivity (Wildman–Crippen MR) is 68.9 cm³/mol. The Kier molecular flexibility index (Phi) is 6.89. The number of carboxylic acid groups (broad SMARTS) is 2. The zero-order chi connectivity index (χ0) is 15.2. The van der Waals surface area contributed by atoms with Gasteiger partial charge in [0.2, 0.25) is 0 Å². The van der Waals surface area contributed by atoms with Gasteiger partial charge in [0.25, 0.3) is 0 Å². The lowest BCUT2D eigenvalue weighted by Crippen LogP contribution is -2.51. The van der Waals surface area contributed by atoms with Gasteiger partial charge in [0.05, 0.1) is 6.42 Å². The number of carbonyl (C=O) groups is 3. The third kappa shape index (κ3) is 6.64. The molecule has 7 nitrogen and oxygen atoms in total. The van der Waals surface area contributed by atoms with E-state index in [1.165, 1.54) is 4.90 Å². The number of carbonyl (C=O) groups excluding carboxylic acids is 1. The number of hydrogen-bond acceptors (Lipinski definition) is 3. The Morgan fingerprint density at radius 3 is 1.95 bits per heavy atom. The maximum atomic E-state index is 12.0. The lowest BCUT2D eigenvalue weighted by atomic mass is 10.2. The summed E-state index contributed by atoms with van der Waals surface area (Å²) in [6.45, 7) is 7.98. The first kappa shape index (κ1) is 17.2. The van der Waals surface area contributed by atoms with Crippen LogP contribution in [0, 0.1) is 5.92 Å². The minimum absolute atomic E-state index is 0.0957. The summed E-state index contributed by atoms with van der Waals surface area (Å²) in [7, 11) is 0. The molecule has 0 aliphatic rings. The Morgan fingerprint density at radius 2 is 1.63 bits per heavy atom. The molecular weight excluding hydrogens is 252 g/mol. The third-order valence-corrected chi connectivity index (χ3v) is 2.42. The summed E-state index contributed by atoms with van der Waals surface area (Å²) in [5.74, 6) is -2.40. The van der Waals surface area contributed by atoms with Gasteiger partial charge in [0, 0.05) is 12.6 Å². The van der Waals surface area contributed by atoms with Crippen LogP contribution >= 0.6 is 0 Å². The summed E-state index contributed by atoms with van der Waals surface area (Å²) in [4.78, 5) is 34.9. The monoisotopic (exact) mass is 274 g/mol. The topological polar surface area (TPSA) is 107 Å². The highest BCUT2D eigenvalue weighted by Crippen LogP contribution is 2.06. The molecule has 0 saturated carbocycles. The number of nitrogens with one attached hydrogen (secondary N) is 1. The highest BCUT2D eigenvalue weighted by Gasteiger charge is 2.26. The van der Waals surface area contributed by atoms with Gasteiger partial charge in [-0.25, -0.2) is 9.59 Å². The summed E-state index contributed by atoms with van der Waals surface area (Å²) in [6, 6.07) is -2.07. The van der Waals surface area contributed by atoms with Crippen LogP contribution in [-0.2, 0) is 9.59 Å². The second kappa shape index (κ2) is 7.60. The second-order valence-corrected chi connectivity index (χ2v) is 5.08. The van der Waals surface area contributed by atoms with Crippen LogP contribution in [0.2, 0.25) is 0 Å². The Bertz CT molecular complexity index is 341. The third-order valence-electron chi connectivity index (χ3n) is 2.42. The number of carboxylic acids is 2. The minimum Gasteiger partial charge on any atom is -0.481 e. The molecule has 0 aromatic carbocycles. The van der Waals surface area contributed by atoms with Crippen molar-refractivity contribution in [3.8, 4) is 0 Å². The van der Waals surface area contributed by atoms with Crippen molar-refractivity contribution >= 4 is 18.0 Å². The summed E-state index contributed by atoms with van der Waals surface area (Å²) >= 11 is 0. The highest BCUT2D eigenvalue weighted by molar-refractivity contribution is 5.86. The molecule has 110 valence electrons. The first-order valence-electron chi connectivity index (χ1n) is 6.16. The number of amides is 2. The van der Waals surface area contributed by atoms with Crippen LogP contribution in [0.5, 0.6) is 0 Å². The van der Waals surface area contributed by atoms with E-state index in [0.29, 0.717) is 6.54 Å². The SMILES string of the molecule is CC(C)CN(C(=O)N[C@H](CC(=O)O)C(=O)O)C(C)C. The second-order valence-electron chi connectivity index (χ2n) is 5.08. The molecule has 0 fully saturated rings. The molecule has 0 radical (unpaired) electrons. The number of aliphatic carboxylic acids is 2. The molecule has 0 saturated heterocycles. The van der Waals surface area contributed by atoms with Gasteiger partial charge in [-0.2, -0.15) is 0 Å². The van der Waals surface area contributed by atoms with Crippen LogP contribution < -0.4 is 5.32 Å². The van der Waals surface area contributed by atoms with Crippen molar-refractivity contribution in [3.05, 3.63) is 0 Å². The normalized spacial score (nSPS) is 12.3. The molecular formula is C12H22N2O5. The van der Waals surface area contributed by atoms with Crippen LogP contribution in [-0.4, -0.2) is 51.7 Å². The van der Waals surface area contributed by atoms with Gasteiger partial charge in [-0.3, -0.25) is 4.79 Å². The maximum Gasteiger partial charge on any atom is 0.326 e. The van der Waals surface area contributed by atoms with E-state index in [2.05, 4.69) is 5.32 Å². The van der Waals surface area contributed by atoms with Crippen LogP contribution in [0.25, 0.3) is 0 Å². The van der Waals surface area contributed by atoms with Crippen molar-refractivity contribution in [2.45, 2.75) is 46.2 Å². The molecule has 1 atom stereocenters. The van der Waals surface area contributed by atoms with E-state index < -0.39 is 30.4 Å². The fourth-order valence-electron chi connectivity index (χ4n) is 1.53. The average Bonchev–Trinajstić information content (AvgIpc) is 2.23. The standard InChI is InChI=1S/C12H22N2O5/c1-7(2)6-14(8(3)4)12(19)13-9(11(17)18)5-10(15)16/h7-9H,5-6H2,1-4H3,(H,13,19)(H,15,16)(H,17,18)/t9-/m1/s1. The van der Waals surface area contributed by atoms with E-state index in [0.717, 1.165) is 0 Å². The molecule has 0 aromatic heterocycles. The highest BCUT2D eigenvalue weighted by atomic mass is 16.4. The van der Waals surface area contributed by atoms with Crippen LogP contribution in [0.4, 0.5) is 4.79 Å². The molecule has 0 rings (SSSR count). The molecule has 0 aliphatic heterocycles. The maximum absolute atomic E-state index is 12.0. The van der Waals surface area contributed by atoms with Gasteiger partial charge >= 0.3 is 18.0 Å². The largest absolute Gasteiger partial charge is 0.481 e. The van der Waals surface area contributed by atoms with E-state index in [4.69, 9.17) is 10.2 Å². The van der Waals surface area contributed by atoms with E-state index >= 15 is 0 Å². The number of urea groups is 1. The van der Waals surface area contributed by atoms with E-state index in [1.54, 1.807) is 0 Å². The van der Waals surface area contributed by atoms with Crippen LogP contribution in [0.1, 0.15) is 34.1 Å². The van der Waals surface area contributed by atoms with Crippen molar-refractivity contribution in [1.29, 1.82) is 0 Å². The van der Waals surface area contributed by atoms with Gasteiger partial charge in [-0.15, -0.1) is 0 Å². The zero-order valence-corrected chi connectivity index (χ0v) is 11.7. The molecule has 0 aliphatic carbocycles. The minimum atomic E-state index is -1.42. The smallest absolute Gasteiger partial charge is 0.326 e. The molecule has 0 aromatic rings. The van der Waals surface area contributed by atoms with Gasteiger partial charge in [0.15, 0.2) is 0 Å². The van der Waals surface area contributed by atoms with Crippen molar-refractivity contribution in [3.63, 3.8) is 0 Å². The van der Waals surface area contributed by atoms with Crippen molar-refractivity contribution in [2.24, 2.45) is 5.92 Å². The zero-order valence-electron chi connectivity index (χ0n) is 11.7. The first-order chi connectivity index (χ1) is 8.65. The van der Waals surface area contributed by atoms with Crippen molar-refractivity contribution in [1.82, 2.24) is 10.2 Å². The van der Waals surface area contributed by atoms with E-state index in [9.17, 15) is 14.4 Å². The van der Waals surface area contributed by atoms with Crippen molar-refractivity contribution < 1.29 is 24.6 Å². The fourth-order valence-corrected chi connectivity index (χ4v) is 1.53. The molecule has 19 heavy (non-hydrogen) atoms. The molecule has 0 heterocycles. The average molecular weight is 274 g/mol. The number of rotatable bonds is 7. The Hall–Kier alpha value is -1.79. The van der Waals surface area contributed by atoms with E-state index in [1.807, 2.05) is 27.7 Å². The summed E-state index contributed by atoms with van der Waals surface area (Å²) in [6.07, 6.45) is -0.644. The van der Waals surface area contributed by atoms with Gasteiger partial charge < -0.3 is 20.4 Å². The van der Waals surface area contributed by atoms with Crippen molar-refractivity contribution in [2.75, 3.05) is 6.54 Å². The molecule has 0 bridgehead atoms. The lowest BCUT2D eigenvalue weighted by molar-refractivity contribution is -0.145. The molecule has 3 N–H and O–H groups in total. The number of hydrogen-bond donors (Lipinski definition) is 3. The Labute approximate surface area is 112 Å². The lowest BCUT2D eigenvalue weighted by Gasteiger charge is -2.29. The Balaban J connectivity index is 4.75. The molecule has 2 amide bonds. The van der Waals surface area contributed by atoms with Crippen LogP contribution in [0.3, 0.4) is 0 Å². The summed E-state index contributed by atoms with van der Waals surface area (Å²) < 4.78 is 0. The van der Waals surface area contributed by atoms with E-state index in [-0.39, 0.29) is 12.0 Å².